The minimum atomic E-state index is -3.76. The van der Waals surface area contributed by atoms with Gasteiger partial charge in [0, 0.05) is 39.3 Å². The van der Waals surface area contributed by atoms with Crippen LogP contribution in [0.25, 0.3) is 0 Å². The molecule has 1 aromatic carbocycles. The van der Waals surface area contributed by atoms with Crippen LogP contribution in [0.4, 0.5) is 0 Å². The first kappa shape index (κ1) is 21.1. The maximum atomic E-state index is 12.9. The van der Waals surface area contributed by atoms with Crippen LogP contribution in [0.3, 0.4) is 0 Å². The van der Waals surface area contributed by atoms with E-state index < -0.39 is 20.0 Å². The van der Waals surface area contributed by atoms with Crippen molar-refractivity contribution in [3.05, 3.63) is 24.3 Å². The molecule has 0 saturated carbocycles. The Kier molecular flexibility index (Phi) is 7.42. The van der Waals surface area contributed by atoms with Gasteiger partial charge in [0.1, 0.15) is 5.75 Å². The fraction of sp³-hybridized carbons (Fsp3) is 0.625. The lowest BCUT2D eigenvalue weighted by Gasteiger charge is -2.28. The molecule has 1 aliphatic rings. The van der Waals surface area contributed by atoms with Crippen LogP contribution < -0.4 is 10.1 Å². The number of hydrogen-bond acceptors (Lipinski definition) is 6. The number of nitrogens with one attached hydrogen (secondary N) is 1. The van der Waals surface area contributed by atoms with Crippen LogP contribution in [0.5, 0.6) is 5.75 Å². The summed E-state index contributed by atoms with van der Waals surface area (Å²) in [7, 11) is -5.73. The SMILES string of the molecule is CCCN(CCS(=O)(=O)N1CCNCC1)S(=O)(=O)c1ccc(OC)cc1. The van der Waals surface area contributed by atoms with Gasteiger partial charge in [-0.2, -0.15) is 8.61 Å². The lowest BCUT2D eigenvalue weighted by atomic mass is 10.3. The predicted octanol–water partition coefficient (Wildman–Crippen LogP) is 0.331. The van der Waals surface area contributed by atoms with Crippen LogP contribution in [-0.4, -0.2) is 77.6 Å². The Morgan fingerprint density at radius 3 is 2.23 bits per heavy atom. The highest BCUT2D eigenvalue weighted by atomic mass is 32.2. The molecule has 0 unspecified atom stereocenters. The van der Waals surface area contributed by atoms with Crippen molar-refractivity contribution >= 4 is 20.0 Å². The number of ether oxygens (including phenoxy) is 1. The van der Waals surface area contributed by atoms with Gasteiger partial charge in [0.05, 0.1) is 17.8 Å². The van der Waals surface area contributed by atoms with Crippen molar-refractivity contribution in [3.63, 3.8) is 0 Å². The molecule has 1 N–H and O–H groups in total. The second kappa shape index (κ2) is 9.14. The smallest absolute Gasteiger partial charge is 0.243 e. The predicted molar refractivity (Wildman–Crippen MR) is 100 cm³/mol. The molecule has 1 fully saturated rings. The number of nitrogens with zero attached hydrogens (tertiary/aromatic N) is 2. The molecular weight excluding hydrogens is 378 g/mol. The van der Waals surface area contributed by atoms with Crippen LogP contribution in [0.2, 0.25) is 0 Å². The average Bonchev–Trinajstić information content (AvgIpc) is 2.65. The van der Waals surface area contributed by atoms with Crippen LogP contribution in [0.15, 0.2) is 29.2 Å². The summed E-state index contributed by atoms with van der Waals surface area (Å²) in [6.45, 7) is 4.13. The third-order valence-electron chi connectivity index (χ3n) is 4.24. The summed E-state index contributed by atoms with van der Waals surface area (Å²) in [5, 5.41) is 3.10. The Labute approximate surface area is 156 Å². The summed E-state index contributed by atoms with van der Waals surface area (Å²) >= 11 is 0. The van der Waals surface area contributed by atoms with Gasteiger partial charge in [0.2, 0.25) is 20.0 Å². The van der Waals surface area contributed by atoms with Crippen LogP contribution in [0, 0.1) is 0 Å². The van der Waals surface area contributed by atoms with Crippen LogP contribution >= 0.6 is 0 Å². The molecule has 26 heavy (non-hydrogen) atoms. The summed E-state index contributed by atoms with van der Waals surface area (Å²) in [6.07, 6.45) is 0.600. The fourth-order valence-corrected chi connectivity index (χ4v) is 5.86. The first-order chi connectivity index (χ1) is 12.3. The van der Waals surface area contributed by atoms with Crippen molar-refractivity contribution in [2.24, 2.45) is 0 Å². The zero-order chi connectivity index (χ0) is 19.2. The molecule has 148 valence electrons. The van der Waals surface area contributed by atoms with Gasteiger partial charge < -0.3 is 10.1 Å². The maximum absolute atomic E-state index is 12.9. The van der Waals surface area contributed by atoms with E-state index in [9.17, 15) is 16.8 Å². The molecule has 0 aliphatic carbocycles. The summed E-state index contributed by atoms with van der Waals surface area (Å²) in [4.78, 5) is 0.131. The first-order valence-electron chi connectivity index (χ1n) is 8.64. The zero-order valence-corrected chi connectivity index (χ0v) is 16.9. The van der Waals surface area contributed by atoms with E-state index in [0.29, 0.717) is 38.3 Å². The summed E-state index contributed by atoms with van der Waals surface area (Å²) < 4.78 is 58.5. The molecular formula is C16H27N3O5S2. The maximum Gasteiger partial charge on any atom is 0.243 e. The number of sulfonamides is 2. The summed E-state index contributed by atoms with van der Waals surface area (Å²) in [6, 6.07) is 6.10. The molecule has 0 aromatic heterocycles. The normalized spacial score (nSPS) is 16.7. The third kappa shape index (κ3) is 5.17. The first-order valence-corrected chi connectivity index (χ1v) is 11.7. The Bertz CT molecular complexity index is 773. The minimum absolute atomic E-state index is 0.0610. The topological polar surface area (TPSA) is 96.0 Å². The number of benzene rings is 1. The van der Waals surface area contributed by atoms with Gasteiger partial charge in [0.15, 0.2) is 0 Å². The molecule has 0 radical (unpaired) electrons. The van der Waals surface area contributed by atoms with E-state index >= 15 is 0 Å². The average molecular weight is 406 g/mol. The minimum Gasteiger partial charge on any atom is -0.497 e. The Hall–Kier alpha value is -1.20. The van der Waals surface area contributed by atoms with E-state index in [1.54, 1.807) is 12.1 Å². The Balaban J connectivity index is 2.13. The number of piperazine rings is 1. The third-order valence-corrected chi connectivity index (χ3v) is 8.00. The van der Waals surface area contributed by atoms with Gasteiger partial charge in [0.25, 0.3) is 0 Å². The standard InChI is InChI=1S/C16H27N3O5S2/c1-3-10-19(13-14-25(20,21)18-11-8-17-9-12-18)26(22,23)16-6-4-15(24-2)5-7-16/h4-7,17H,3,8-14H2,1-2H3. The highest BCUT2D eigenvalue weighted by Crippen LogP contribution is 2.20. The zero-order valence-electron chi connectivity index (χ0n) is 15.2. The van der Waals surface area contributed by atoms with Crippen molar-refractivity contribution in [3.8, 4) is 5.75 Å². The van der Waals surface area contributed by atoms with E-state index in [4.69, 9.17) is 4.74 Å². The quantitative estimate of drug-likeness (QED) is 0.636. The van der Waals surface area contributed by atoms with E-state index in [-0.39, 0.29) is 23.7 Å². The Morgan fingerprint density at radius 1 is 1.08 bits per heavy atom. The molecule has 8 nitrogen and oxygen atoms in total. The van der Waals surface area contributed by atoms with E-state index in [1.165, 1.54) is 27.9 Å². The van der Waals surface area contributed by atoms with Crippen molar-refractivity contribution in [2.75, 3.05) is 52.1 Å². The van der Waals surface area contributed by atoms with Crippen LogP contribution in [-0.2, 0) is 20.0 Å². The second-order valence-corrected chi connectivity index (χ2v) is 10.1. The molecule has 2 rings (SSSR count). The number of hydrogen-bond donors (Lipinski definition) is 1. The molecule has 0 amide bonds. The van der Waals surface area contributed by atoms with Crippen molar-refractivity contribution in [1.29, 1.82) is 0 Å². The molecule has 1 aliphatic heterocycles. The lowest BCUT2D eigenvalue weighted by molar-refractivity contribution is 0.356. The summed E-state index contributed by atoms with van der Waals surface area (Å²) in [5.41, 5.74) is 0. The molecule has 0 spiro atoms. The number of rotatable bonds is 9. The van der Waals surface area contributed by atoms with Gasteiger partial charge in [-0.3, -0.25) is 0 Å². The van der Waals surface area contributed by atoms with Crippen molar-refractivity contribution < 1.29 is 21.6 Å². The summed E-state index contributed by atoms with van der Waals surface area (Å²) in [5.74, 6) is 0.342. The van der Waals surface area contributed by atoms with Gasteiger partial charge in [-0.15, -0.1) is 0 Å². The number of methoxy groups -OCH3 is 1. The molecule has 10 heteroatoms. The van der Waals surface area contributed by atoms with Crippen molar-refractivity contribution in [1.82, 2.24) is 13.9 Å². The highest BCUT2D eigenvalue weighted by molar-refractivity contribution is 7.90. The molecule has 0 bridgehead atoms. The molecule has 1 saturated heterocycles. The van der Waals surface area contributed by atoms with Crippen molar-refractivity contribution in [2.45, 2.75) is 18.2 Å². The van der Waals surface area contributed by atoms with E-state index in [1.807, 2.05) is 6.92 Å². The fourth-order valence-electron chi connectivity index (χ4n) is 2.77. The highest BCUT2D eigenvalue weighted by Gasteiger charge is 2.28. The Morgan fingerprint density at radius 2 is 1.69 bits per heavy atom. The van der Waals surface area contributed by atoms with Crippen LogP contribution in [0.1, 0.15) is 13.3 Å². The molecule has 1 aromatic rings. The monoisotopic (exact) mass is 405 g/mol. The van der Waals surface area contributed by atoms with Gasteiger partial charge in [-0.25, -0.2) is 16.8 Å². The van der Waals surface area contributed by atoms with E-state index in [2.05, 4.69) is 5.32 Å². The molecule has 1 heterocycles. The van der Waals surface area contributed by atoms with Gasteiger partial charge >= 0.3 is 0 Å². The lowest BCUT2D eigenvalue weighted by Crippen LogP contribution is -2.48. The second-order valence-electron chi connectivity index (χ2n) is 6.04. The molecule has 0 atom stereocenters. The largest absolute Gasteiger partial charge is 0.497 e. The van der Waals surface area contributed by atoms with E-state index in [0.717, 1.165) is 0 Å². The van der Waals surface area contributed by atoms with Gasteiger partial charge in [-0.05, 0) is 30.7 Å². The van der Waals surface area contributed by atoms with Gasteiger partial charge in [-0.1, -0.05) is 6.92 Å².